The number of carbonyl (C=O) groups excluding carboxylic acids is 2. The molecule has 108 valence electrons. The third-order valence-corrected chi connectivity index (χ3v) is 2.30. The minimum Gasteiger partial charge on any atom is -0.728 e. The first-order valence-electron chi connectivity index (χ1n) is 4.97. The van der Waals surface area contributed by atoms with Crippen molar-refractivity contribution < 1.29 is 61.6 Å². The molecule has 0 aliphatic carbocycles. The maximum absolute atomic E-state index is 11.4. The van der Waals surface area contributed by atoms with E-state index in [9.17, 15) is 22.6 Å². The fourth-order valence-corrected chi connectivity index (χ4v) is 1.43. The van der Waals surface area contributed by atoms with Crippen molar-refractivity contribution in [1.82, 2.24) is 0 Å². The molecule has 0 N–H and O–H groups in total. The molecule has 1 rings (SSSR count). The van der Waals surface area contributed by atoms with Crippen molar-refractivity contribution in [2.24, 2.45) is 9.63 Å². The molecule has 1 aromatic carbocycles. The van der Waals surface area contributed by atoms with Crippen LogP contribution in [0.25, 0.3) is 0 Å². The molecule has 11 heteroatoms. The van der Waals surface area contributed by atoms with E-state index < -0.39 is 22.2 Å². The van der Waals surface area contributed by atoms with E-state index in [1.807, 2.05) is 0 Å². The van der Waals surface area contributed by atoms with Crippen LogP contribution in [0.4, 0.5) is 5.69 Å². The quantitative estimate of drug-likeness (QED) is 0.265. The smallest absolute Gasteiger partial charge is 0.728 e. The topological polar surface area (TPSA) is 135 Å². The second-order valence-corrected chi connectivity index (χ2v) is 4.38. The van der Waals surface area contributed by atoms with Gasteiger partial charge in [-0.15, -0.1) is 5.11 Å². The van der Waals surface area contributed by atoms with Crippen LogP contribution >= 0.6 is 0 Å². The molecule has 0 aromatic heterocycles. The molecule has 0 aliphatic rings. The van der Waals surface area contributed by atoms with E-state index in [2.05, 4.69) is 19.1 Å². The summed E-state index contributed by atoms with van der Waals surface area (Å²) in [5, 5.41) is 3.14. The fraction of sp³-hybridized carbons (Fsp3) is 0.200. The Kier molecular flexibility index (Phi) is 7.68. The summed E-state index contributed by atoms with van der Waals surface area (Å²) >= 11 is 0. The van der Waals surface area contributed by atoms with Gasteiger partial charge in [0, 0.05) is 0 Å². The minimum absolute atomic E-state index is 0. The Morgan fingerprint density at radius 3 is 1.81 bits per heavy atom. The third-order valence-electron chi connectivity index (χ3n) is 2.02. The monoisotopic (exact) mass is 324 g/mol. The van der Waals surface area contributed by atoms with Gasteiger partial charge >= 0.3 is 41.5 Å². The van der Waals surface area contributed by atoms with Gasteiger partial charge in [-0.3, -0.25) is 0 Å². The molecule has 0 heterocycles. The normalized spacial score (nSPS) is 10.8. The molecule has 21 heavy (non-hydrogen) atoms. The first kappa shape index (κ1) is 19.7. The van der Waals surface area contributed by atoms with Gasteiger partial charge in [0.2, 0.25) is 10.3 Å². The Bertz CT molecular complexity index is 638. The van der Waals surface area contributed by atoms with E-state index >= 15 is 0 Å². The predicted octanol–water partition coefficient (Wildman–Crippen LogP) is -2.19. The molecule has 0 aliphatic heterocycles. The van der Waals surface area contributed by atoms with Crippen molar-refractivity contribution in [3.63, 3.8) is 0 Å². The molecular formula is C10H9N2NaO7S. The SMILES string of the molecule is COC(=O)c1cc(N=NS(=O)(=O)[O-])cc(C(=O)OC)c1.[Na+]. The van der Waals surface area contributed by atoms with Crippen LogP contribution < -0.4 is 29.6 Å². The molecule has 1 aromatic rings. The summed E-state index contributed by atoms with van der Waals surface area (Å²) in [5.41, 5.74) is -0.340. The summed E-state index contributed by atoms with van der Waals surface area (Å²) in [6.45, 7) is 0. The molecule has 0 spiro atoms. The van der Waals surface area contributed by atoms with Gasteiger partial charge in [0.15, 0.2) is 0 Å². The molecule has 0 atom stereocenters. The number of methoxy groups -OCH3 is 2. The molecule has 0 radical (unpaired) electrons. The van der Waals surface area contributed by atoms with E-state index in [1.165, 1.54) is 6.07 Å². The number of ether oxygens (including phenoxy) is 2. The Balaban J connectivity index is 0.00000400. The molecule has 0 saturated heterocycles. The van der Waals surface area contributed by atoms with Crippen molar-refractivity contribution in [2.45, 2.75) is 0 Å². The van der Waals surface area contributed by atoms with Crippen molar-refractivity contribution in [3.05, 3.63) is 29.3 Å². The van der Waals surface area contributed by atoms with Gasteiger partial charge in [-0.1, -0.05) is 4.52 Å². The largest absolute Gasteiger partial charge is 1.00 e. The molecule has 0 unspecified atom stereocenters. The Morgan fingerprint density at radius 1 is 1.05 bits per heavy atom. The summed E-state index contributed by atoms with van der Waals surface area (Å²) in [5.74, 6) is -1.56. The molecule has 0 saturated carbocycles. The number of rotatable bonds is 4. The predicted molar refractivity (Wildman–Crippen MR) is 63.3 cm³/mol. The van der Waals surface area contributed by atoms with E-state index in [1.54, 1.807) is 0 Å². The Labute approximate surface area is 142 Å². The van der Waals surface area contributed by atoms with Gasteiger partial charge < -0.3 is 14.0 Å². The van der Waals surface area contributed by atoms with Gasteiger partial charge in [0.25, 0.3) is 0 Å². The van der Waals surface area contributed by atoms with Crippen LogP contribution in [0.15, 0.2) is 27.8 Å². The van der Waals surface area contributed by atoms with E-state index in [4.69, 9.17) is 0 Å². The molecule has 9 nitrogen and oxygen atoms in total. The van der Waals surface area contributed by atoms with Gasteiger partial charge in [-0.05, 0) is 18.2 Å². The van der Waals surface area contributed by atoms with Crippen LogP contribution in [0, 0.1) is 0 Å². The van der Waals surface area contributed by atoms with Crippen LogP contribution in [-0.4, -0.2) is 39.1 Å². The summed E-state index contributed by atoms with van der Waals surface area (Å²) < 4.78 is 42.5. The summed E-state index contributed by atoms with van der Waals surface area (Å²) in [7, 11) is -2.68. The van der Waals surface area contributed by atoms with Crippen LogP contribution in [0.1, 0.15) is 20.7 Å². The number of benzene rings is 1. The van der Waals surface area contributed by atoms with Crippen LogP contribution in [0.2, 0.25) is 0 Å². The van der Waals surface area contributed by atoms with Gasteiger partial charge in [0.1, 0.15) is 0 Å². The summed E-state index contributed by atoms with van der Waals surface area (Å²) in [6.07, 6.45) is 0. The van der Waals surface area contributed by atoms with Crippen molar-refractivity contribution in [1.29, 1.82) is 0 Å². The second-order valence-electron chi connectivity index (χ2n) is 3.36. The molecule has 0 fully saturated rings. The first-order chi connectivity index (χ1) is 9.26. The summed E-state index contributed by atoms with van der Waals surface area (Å²) in [4.78, 5) is 22.8. The zero-order valence-electron chi connectivity index (χ0n) is 11.4. The van der Waals surface area contributed by atoms with Gasteiger partial charge in [-0.25, -0.2) is 18.0 Å². The van der Waals surface area contributed by atoms with Crippen LogP contribution in [0.5, 0.6) is 0 Å². The number of hydrogen-bond donors (Lipinski definition) is 0. The van der Waals surface area contributed by atoms with Crippen LogP contribution in [-0.2, 0) is 19.8 Å². The van der Waals surface area contributed by atoms with Crippen molar-refractivity contribution in [3.8, 4) is 0 Å². The fourth-order valence-electron chi connectivity index (χ4n) is 1.24. The number of carbonyl (C=O) groups is 2. The minimum atomic E-state index is -4.92. The molecule has 0 bridgehead atoms. The van der Waals surface area contributed by atoms with Gasteiger partial charge in [-0.2, -0.15) is 0 Å². The van der Waals surface area contributed by atoms with Crippen molar-refractivity contribution >= 4 is 27.9 Å². The Morgan fingerprint density at radius 2 is 1.48 bits per heavy atom. The molecular weight excluding hydrogens is 315 g/mol. The Hall–Kier alpha value is -1.33. The average Bonchev–Trinajstić information content (AvgIpc) is 2.42. The van der Waals surface area contributed by atoms with E-state index in [0.717, 1.165) is 26.4 Å². The zero-order chi connectivity index (χ0) is 15.3. The number of esters is 2. The van der Waals surface area contributed by atoms with E-state index in [-0.39, 0.29) is 46.4 Å². The molecule has 0 amide bonds. The van der Waals surface area contributed by atoms with E-state index in [0.29, 0.717) is 0 Å². The number of nitrogens with zero attached hydrogens (tertiary/aromatic N) is 2. The first-order valence-corrected chi connectivity index (χ1v) is 6.34. The number of hydrogen-bond acceptors (Lipinski definition) is 8. The maximum Gasteiger partial charge on any atom is 1.00 e. The maximum atomic E-state index is 11.4. The van der Waals surface area contributed by atoms with Crippen LogP contribution in [0.3, 0.4) is 0 Å². The standard InChI is InChI=1S/C10H10N2O7S.Na/c1-18-9(13)6-3-7(10(14)19-2)5-8(4-6)11-12-20(15,16)17;/h3-5H,1-2H3,(H,15,16,17);/q;+1/p-1. The van der Waals surface area contributed by atoms with Crippen molar-refractivity contribution in [2.75, 3.05) is 14.2 Å². The average molecular weight is 324 g/mol. The van der Waals surface area contributed by atoms with Gasteiger partial charge in [0.05, 0.1) is 31.0 Å². The summed E-state index contributed by atoms with van der Waals surface area (Å²) in [6, 6.07) is 3.38. The third kappa shape index (κ3) is 6.31. The second kappa shape index (κ2) is 8.20. The zero-order valence-corrected chi connectivity index (χ0v) is 14.2.